The number of likely N-dealkylation sites (N-methyl/N-ethyl adjacent to an activating group) is 2. The summed E-state index contributed by atoms with van der Waals surface area (Å²) in [5.41, 5.74) is 6.92. The summed E-state index contributed by atoms with van der Waals surface area (Å²) in [6.45, 7) is 6.93. The molecule has 1 atom stereocenters. The maximum atomic E-state index is 12.0. The van der Waals surface area contributed by atoms with E-state index in [1.165, 1.54) is 7.11 Å². The molecule has 1 aliphatic heterocycles. The van der Waals surface area contributed by atoms with Gasteiger partial charge in [-0.05, 0) is 25.2 Å². The lowest BCUT2D eigenvalue weighted by Crippen LogP contribution is -2.30. The zero-order chi connectivity index (χ0) is 17.0. The maximum Gasteiger partial charge on any atom is 0.254 e. The summed E-state index contributed by atoms with van der Waals surface area (Å²) in [5.74, 6) is 0.641. The molecule has 8 nitrogen and oxygen atoms in total. The van der Waals surface area contributed by atoms with Crippen LogP contribution < -0.4 is 15.8 Å². The SMILES string of the molecule is CCN1CCN(C)CC(c2cc(NC)nc(OC)c2C(N)=O)C1.O. The molecule has 1 aliphatic rings. The standard InChI is InChI=1S/C16H27N5O2.H2O/c1-5-21-7-6-20(3)9-11(10-21)12-8-13(18-2)19-16(23-4)14(12)15(17)22;/h8,11H,5-7,9-10H2,1-4H3,(H2,17,22)(H,18,19);1H2. The number of aromatic nitrogens is 1. The second-order valence-electron chi connectivity index (χ2n) is 5.95. The van der Waals surface area contributed by atoms with Crippen LogP contribution in [0.5, 0.6) is 5.88 Å². The lowest BCUT2D eigenvalue weighted by atomic mass is 9.93. The zero-order valence-corrected chi connectivity index (χ0v) is 14.9. The Kier molecular flexibility index (Phi) is 7.40. The Bertz CT molecular complexity index is 567. The van der Waals surface area contributed by atoms with Crippen LogP contribution in [0.2, 0.25) is 0 Å². The lowest BCUT2D eigenvalue weighted by molar-refractivity contribution is 0.0995. The van der Waals surface area contributed by atoms with Gasteiger partial charge in [-0.25, -0.2) is 0 Å². The van der Waals surface area contributed by atoms with Crippen LogP contribution in [-0.2, 0) is 0 Å². The summed E-state index contributed by atoms with van der Waals surface area (Å²) in [6, 6.07) is 1.92. The first-order chi connectivity index (χ1) is 11.0. The highest BCUT2D eigenvalue weighted by Gasteiger charge is 2.28. The van der Waals surface area contributed by atoms with Gasteiger partial charge in [0.25, 0.3) is 5.91 Å². The van der Waals surface area contributed by atoms with E-state index >= 15 is 0 Å². The van der Waals surface area contributed by atoms with Gasteiger partial charge in [-0.1, -0.05) is 6.92 Å². The van der Waals surface area contributed by atoms with E-state index in [9.17, 15) is 4.79 Å². The van der Waals surface area contributed by atoms with Crippen LogP contribution in [0.15, 0.2) is 6.07 Å². The van der Waals surface area contributed by atoms with Gasteiger partial charge in [0.2, 0.25) is 5.88 Å². The van der Waals surface area contributed by atoms with Crippen molar-refractivity contribution in [3.63, 3.8) is 0 Å². The molecule has 0 aromatic carbocycles. The number of ether oxygens (including phenoxy) is 1. The molecule has 1 aromatic rings. The molecule has 2 heterocycles. The number of hydrogen-bond donors (Lipinski definition) is 2. The van der Waals surface area contributed by atoms with Crippen molar-refractivity contribution in [2.24, 2.45) is 5.73 Å². The molecule has 0 saturated carbocycles. The number of rotatable bonds is 5. The second-order valence-corrected chi connectivity index (χ2v) is 5.95. The number of carbonyl (C=O) groups excluding carboxylic acids is 1. The van der Waals surface area contributed by atoms with Crippen molar-refractivity contribution in [1.82, 2.24) is 14.8 Å². The van der Waals surface area contributed by atoms with Crippen LogP contribution in [0.25, 0.3) is 0 Å². The number of pyridine rings is 1. The first kappa shape index (κ1) is 20.1. The molecule has 8 heteroatoms. The van der Waals surface area contributed by atoms with Gasteiger partial charge >= 0.3 is 0 Å². The molecule has 136 valence electrons. The molecule has 1 fully saturated rings. The predicted molar refractivity (Wildman–Crippen MR) is 94.8 cm³/mol. The smallest absolute Gasteiger partial charge is 0.254 e. The van der Waals surface area contributed by atoms with Gasteiger partial charge in [0.05, 0.1) is 7.11 Å². The second kappa shape index (κ2) is 8.81. The van der Waals surface area contributed by atoms with E-state index in [2.05, 4.69) is 34.1 Å². The fourth-order valence-electron chi connectivity index (χ4n) is 3.11. The van der Waals surface area contributed by atoms with E-state index in [1.54, 1.807) is 7.05 Å². The Balaban J connectivity index is 0.00000288. The van der Waals surface area contributed by atoms with E-state index in [0.29, 0.717) is 11.4 Å². The van der Waals surface area contributed by atoms with Crippen LogP contribution in [0.3, 0.4) is 0 Å². The molecule has 0 spiro atoms. The number of nitrogens with one attached hydrogen (secondary N) is 1. The van der Waals surface area contributed by atoms with Gasteiger partial charge < -0.3 is 31.1 Å². The quantitative estimate of drug-likeness (QED) is 0.765. The summed E-state index contributed by atoms with van der Waals surface area (Å²) in [7, 11) is 5.41. The first-order valence-corrected chi connectivity index (χ1v) is 7.97. The number of nitrogens with zero attached hydrogens (tertiary/aromatic N) is 3. The van der Waals surface area contributed by atoms with Crippen LogP contribution in [-0.4, -0.2) is 80.1 Å². The molecule has 24 heavy (non-hydrogen) atoms. The number of carbonyl (C=O) groups is 1. The molecule has 1 saturated heterocycles. The van der Waals surface area contributed by atoms with E-state index in [1.807, 2.05) is 6.07 Å². The fourth-order valence-corrected chi connectivity index (χ4v) is 3.11. The van der Waals surface area contributed by atoms with Gasteiger partial charge in [0.1, 0.15) is 11.4 Å². The van der Waals surface area contributed by atoms with Crippen LogP contribution >= 0.6 is 0 Å². The van der Waals surface area contributed by atoms with Crippen molar-refractivity contribution in [1.29, 1.82) is 0 Å². The third-order valence-corrected chi connectivity index (χ3v) is 4.41. The molecular weight excluding hydrogens is 310 g/mol. The summed E-state index contributed by atoms with van der Waals surface area (Å²) in [6.07, 6.45) is 0. The van der Waals surface area contributed by atoms with Crippen LogP contribution in [0.4, 0.5) is 5.82 Å². The van der Waals surface area contributed by atoms with Crippen molar-refractivity contribution < 1.29 is 15.0 Å². The highest BCUT2D eigenvalue weighted by Crippen LogP contribution is 2.31. The van der Waals surface area contributed by atoms with Crippen molar-refractivity contribution in [3.8, 4) is 5.88 Å². The Morgan fingerprint density at radius 2 is 2.17 bits per heavy atom. The third-order valence-electron chi connectivity index (χ3n) is 4.41. The van der Waals surface area contributed by atoms with E-state index in [-0.39, 0.29) is 17.3 Å². The summed E-state index contributed by atoms with van der Waals surface area (Å²) in [4.78, 5) is 21.0. The number of methoxy groups -OCH3 is 1. The average molecular weight is 339 g/mol. The highest BCUT2D eigenvalue weighted by molar-refractivity contribution is 5.97. The minimum absolute atomic E-state index is 0. The molecule has 1 unspecified atom stereocenters. The topological polar surface area (TPSA) is 115 Å². The molecular formula is C16H29N5O3. The summed E-state index contributed by atoms with van der Waals surface area (Å²) in [5, 5.41) is 3.03. The van der Waals surface area contributed by atoms with Gasteiger partial charge in [0, 0.05) is 39.1 Å². The normalized spacial score (nSPS) is 19.2. The lowest BCUT2D eigenvalue weighted by Gasteiger charge is -2.25. The van der Waals surface area contributed by atoms with E-state index in [4.69, 9.17) is 10.5 Å². The average Bonchev–Trinajstić information content (AvgIpc) is 2.74. The molecule has 2 rings (SSSR count). The summed E-state index contributed by atoms with van der Waals surface area (Å²) >= 11 is 0. The Morgan fingerprint density at radius 3 is 2.71 bits per heavy atom. The Hall–Kier alpha value is -1.90. The fraction of sp³-hybridized carbons (Fsp3) is 0.625. The molecule has 0 aliphatic carbocycles. The largest absolute Gasteiger partial charge is 0.480 e. The van der Waals surface area contributed by atoms with Gasteiger partial charge in [-0.3, -0.25) is 4.79 Å². The third kappa shape index (κ3) is 4.34. The minimum Gasteiger partial charge on any atom is -0.480 e. The zero-order valence-electron chi connectivity index (χ0n) is 14.9. The summed E-state index contributed by atoms with van der Waals surface area (Å²) < 4.78 is 5.31. The highest BCUT2D eigenvalue weighted by atomic mass is 16.5. The number of nitrogens with two attached hydrogens (primary N) is 1. The van der Waals surface area contributed by atoms with Gasteiger partial charge in [-0.15, -0.1) is 0 Å². The minimum atomic E-state index is -0.498. The predicted octanol–water partition coefficient (Wildman–Crippen LogP) is -0.243. The maximum absolute atomic E-state index is 12.0. The molecule has 5 N–H and O–H groups in total. The van der Waals surface area contributed by atoms with Crippen molar-refractivity contribution in [2.45, 2.75) is 12.8 Å². The van der Waals surface area contributed by atoms with E-state index < -0.39 is 5.91 Å². The van der Waals surface area contributed by atoms with Crippen molar-refractivity contribution in [3.05, 3.63) is 17.2 Å². The number of primary amides is 1. The van der Waals surface area contributed by atoms with Crippen LogP contribution in [0.1, 0.15) is 28.8 Å². The molecule has 1 aromatic heterocycles. The van der Waals surface area contributed by atoms with Gasteiger partial charge in [0.15, 0.2) is 0 Å². The van der Waals surface area contributed by atoms with Crippen LogP contribution in [0, 0.1) is 0 Å². The Labute approximate surface area is 143 Å². The van der Waals surface area contributed by atoms with Crippen molar-refractivity contribution in [2.75, 3.05) is 59.2 Å². The first-order valence-electron chi connectivity index (χ1n) is 7.97. The molecule has 1 amide bonds. The van der Waals surface area contributed by atoms with Gasteiger partial charge in [-0.2, -0.15) is 4.98 Å². The monoisotopic (exact) mass is 339 g/mol. The Morgan fingerprint density at radius 1 is 1.46 bits per heavy atom. The number of amides is 1. The molecule has 0 bridgehead atoms. The molecule has 0 radical (unpaired) electrons. The number of anilines is 1. The number of hydrogen-bond acceptors (Lipinski definition) is 6. The van der Waals surface area contributed by atoms with Crippen molar-refractivity contribution >= 4 is 11.7 Å². The van der Waals surface area contributed by atoms with E-state index in [0.717, 1.165) is 38.3 Å².